The zero-order valence-electron chi connectivity index (χ0n) is 16.3. The first kappa shape index (κ1) is 19.2. The van der Waals surface area contributed by atoms with E-state index >= 15 is 0 Å². The molecule has 2 rings (SSSR count). The first-order valence-electron chi connectivity index (χ1n) is 8.86. The number of hydrogen-bond acceptors (Lipinski definition) is 3. The molecule has 0 saturated heterocycles. The van der Waals surface area contributed by atoms with Crippen LogP contribution < -0.4 is 0 Å². The summed E-state index contributed by atoms with van der Waals surface area (Å²) in [7, 11) is 5.95. The fourth-order valence-electron chi connectivity index (χ4n) is 2.96. The number of aromatic nitrogens is 2. The first-order valence-corrected chi connectivity index (χ1v) is 8.86. The van der Waals surface area contributed by atoms with E-state index in [1.807, 2.05) is 52.3 Å². The maximum Gasteiger partial charge on any atom is 0.253 e. The van der Waals surface area contributed by atoms with E-state index in [1.54, 1.807) is 4.90 Å². The van der Waals surface area contributed by atoms with Gasteiger partial charge in [-0.15, -0.1) is 0 Å². The second-order valence-corrected chi connectivity index (χ2v) is 7.22. The Balaban J connectivity index is 2.12. The predicted molar refractivity (Wildman–Crippen MR) is 103 cm³/mol. The zero-order valence-corrected chi connectivity index (χ0v) is 16.3. The number of rotatable bonds is 7. The van der Waals surface area contributed by atoms with Crippen LogP contribution in [0.1, 0.15) is 47.9 Å². The molecule has 0 radical (unpaired) electrons. The minimum absolute atomic E-state index is 0.0679. The van der Waals surface area contributed by atoms with Gasteiger partial charge in [0, 0.05) is 30.4 Å². The molecule has 1 N–H and O–H groups in total. The summed E-state index contributed by atoms with van der Waals surface area (Å²) in [5.74, 6) is 0.419. The van der Waals surface area contributed by atoms with E-state index < -0.39 is 0 Å². The van der Waals surface area contributed by atoms with Gasteiger partial charge in [0.1, 0.15) is 0 Å². The van der Waals surface area contributed by atoms with Crippen LogP contribution in [0.5, 0.6) is 0 Å². The molecule has 1 amide bonds. The number of hydrogen-bond donors (Lipinski definition) is 1. The van der Waals surface area contributed by atoms with Gasteiger partial charge in [-0.2, -0.15) is 5.10 Å². The number of nitrogens with one attached hydrogen (secondary N) is 1. The Morgan fingerprint density at radius 3 is 2.32 bits per heavy atom. The van der Waals surface area contributed by atoms with E-state index in [0.717, 1.165) is 47.6 Å². The molecule has 1 aromatic heterocycles. The highest BCUT2D eigenvalue weighted by Crippen LogP contribution is 2.30. The third-order valence-corrected chi connectivity index (χ3v) is 4.39. The Bertz CT molecular complexity index is 701. The van der Waals surface area contributed by atoms with Gasteiger partial charge in [-0.25, -0.2) is 0 Å². The lowest BCUT2D eigenvalue weighted by Gasteiger charge is -2.19. The summed E-state index contributed by atoms with van der Waals surface area (Å²) in [6, 6.07) is 7.86. The lowest BCUT2D eigenvalue weighted by Crippen LogP contribution is -2.29. The normalized spacial score (nSPS) is 11.4. The summed E-state index contributed by atoms with van der Waals surface area (Å²) in [5, 5.41) is 7.50. The quantitative estimate of drug-likeness (QED) is 0.837. The van der Waals surface area contributed by atoms with Crippen molar-refractivity contribution in [1.82, 2.24) is 20.0 Å². The molecule has 1 heterocycles. The minimum atomic E-state index is 0.0679. The SMILES string of the molecule is Cc1[nH]nc(C(C)C)c1-c1ccc(C(=O)N(C)CCCN(C)C)cc1. The van der Waals surface area contributed by atoms with E-state index in [-0.39, 0.29) is 5.91 Å². The van der Waals surface area contributed by atoms with E-state index in [1.165, 1.54) is 0 Å². The molecule has 25 heavy (non-hydrogen) atoms. The second-order valence-electron chi connectivity index (χ2n) is 7.22. The van der Waals surface area contributed by atoms with Crippen LogP contribution in [0.15, 0.2) is 24.3 Å². The van der Waals surface area contributed by atoms with Crippen molar-refractivity contribution in [3.63, 3.8) is 0 Å². The van der Waals surface area contributed by atoms with Crippen LogP contribution >= 0.6 is 0 Å². The highest BCUT2D eigenvalue weighted by molar-refractivity contribution is 5.94. The summed E-state index contributed by atoms with van der Waals surface area (Å²) >= 11 is 0. The second kappa shape index (κ2) is 8.30. The Morgan fingerprint density at radius 2 is 1.76 bits per heavy atom. The third kappa shape index (κ3) is 4.69. The molecule has 0 spiro atoms. The molecule has 2 aromatic rings. The molecule has 0 aliphatic rings. The number of nitrogens with zero attached hydrogens (tertiary/aromatic N) is 3. The molecule has 0 fully saturated rings. The van der Waals surface area contributed by atoms with Crippen LogP contribution in [0.25, 0.3) is 11.1 Å². The molecular formula is C20H30N4O. The Hall–Kier alpha value is -2.14. The fraction of sp³-hybridized carbons (Fsp3) is 0.500. The Morgan fingerprint density at radius 1 is 1.12 bits per heavy atom. The highest BCUT2D eigenvalue weighted by Gasteiger charge is 2.16. The van der Waals surface area contributed by atoms with Crippen LogP contribution in [0.2, 0.25) is 0 Å². The summed E-state index contributed by atoms with van der Waals surface area (Å²) in [5.41, 5.74) is 5.10. The number of amides is 1. The standard InChI is InChI=1S/C20H30N4O/c1-14(2)19-18(15(3)21-22-19)16-8-10-17(11-9-16)20(25)24(6)13-7-12-23(4)5/h8-11,14H,7,12-13H2,1-6H3,(H,21,22). The lowest BCUT2D eigenvalue weighted by atomic mass is 9.97. The van der Waals surface area contributed by atoms with Crippen molar-refractivity contribution < 1.29 is 4.79 Å². The molecule has 1 aromatic carbocycles. The monoisotopic (exact) mass is 342 g/mol. The molecule has 0 atom stereocenters. The van der Waals surface area contributed by atoms with Gasteiger partial charge >= 0.3 is 0 Å². The van der Waals surface area contributed by atoms with Gasteiger partial charge in [-0.05, 0) is 57.6 Å². The van der Waals surface area contributed by atoms with Crippen molar-refractivity contribution in [2.45, 2.75) is 33.1 Å². The maximum atomic E-state index is 12.6. The van der Waals surface area contributed by atoms with Crippen molar-refractivity contribution in [2.24, 2.45) is 0 Å². The van der Waals surface area contributed by atoms with Crippen molar-refractivity contribution in [3.8, 4) is 11.1 Å². The van der Waals surface area contributed by atoms with E-state index in [2.05, 4.69) is 28.9 Å². The molecule has 0 aliphatic carbocycles. The third-order valence-electron chi connectivity index (χ3n) is 4.39. The van der Waals surface area contributed by atoms with Crippen LogP contribution in [-0.4, -0.2) is 60.1 Å². The van der Waals surface area contributed by atoms with E-state index in [4.69, 9.17) is 0 Å². The summed E-state index contributed by atoms with van der Waals surface area (Å²) in [4.78, 5) is 16.5. The Labute approximate surface area is 151 Å². The van der Waals surface area contributed by atoms with E-state index in [9.17, 15) is 4.79 Å². The van der Waals surface area contributed by atoms with Crippen LogP contribution in [0, 0.1) is 6.92 Å². The first-order chi connectivity index (χ1) is 11.8. The highest BCUT2D eigenvalue weighted by atomic mass is 16.2. The van der Waals surface area contributed by atoms with Crippen molar-refractivity contribution in [3.05, 3.63) is 41.2 Å². The number of aromatic amines is 1. The molecular weight excluding hydrogens is 312 g/mol. The smallest absolute Gasteiger partial charge is 0.253 e. The fourth-order valence-corrected chi connectivity index (χ4v) is 2.96. The zero-order chi connectivity index (χ0) is 18.6. The number of carbonyl (C=O) groups excluding carboxylic acids is 1. The van der Waals surface area contributed by atoms with Gasteiger partial charge in [0.2, 0.25) is 0 Å². The number of H-pyrrole nitrogens is 1. The minimum Gasteiger partial charge on any atom is -0.342 e. The van der Waals surface area contributed by atoms with Gasteiger partial charge in [-0.1, -0.05) is 26.0 Å². The summed E-state index contributed by atoms with van der Waals surface area (Å²) in [6.07, 6.45) is 0.972. The van der Waals surface area contributed by atoms with Gasteiger partial charge in [0.25, 0.3) is 5.91 Å². The Kier molecular flexibility index (Phi) is 6.37. The number of carbonyl (C=O) groups is 1. The average Bonchev–Trinajstić information content (AvgIpc) is 2.95. The summed E-state index contributed by atoms with van der Waals surface area (Å²) < 4.78 is 0. The molecule has 0 saturated carbocycles. The predicted octanol–water partition coefficient (Wildman–Crippen LogP) is 3.53. The van der Waals surface area contributed by atoms with Crippen LogP contribution in [0.4, 0.5) is 0 Å². The molecule has 0 bridgehead atoms. The number of aryl methyl sites for hydroxylation is 1. The largest absolute Gasteiger partial charge is 0.342 e. The summed E-state index contributed by atoms with van der Waals surface area (Å²) in [6.45, 7) is 8.05. The molecule has 0 aliphatic heterocycles. The molecule has 5 nitrogen and oxygen atoms in total. The van der Waals surface area contributed by atoms with E-state index in [0.29, 0.717) is 5.92 Å². The van der Waals surface area contributed by atoms with Crippen molar-refractivity contribution >= 4 is 5.91 Å². The van der Waals surface area contributed by atoms with Gasteiger partial charge in [-0.3, -0.25) is 9.89 Å². The van der Waals surface area contributed by atoms with Crippen LogP contribution in [0.3, 0.4) is 0 Å². The lowest BCUT2D eigenvalue weighted by molar-refractivity contribution is 0.0790. The van der Waals surface area contributed by atoms with Gasteiger partial charge < -0.3 is 9.80 Å². The average molecular weight is 342 g/mol. The topological polar surface area (TPSA) is 52.2 Å². The van der Waals surface area contributed by atoms with Crippen molar-refractivity contribution in [1.29, 1.82) is 0 Å². The maximum absolute atomic E-state index is 12.6. The molecule has 5 heteroatoms. The van der Waals surface area contributed by atoms with Crippen molar-refractivity contribution in [2.75, 3.05) is 34.2 Å². The molecule has 136 valence electrons. The van der Waals surface area contributed by atoms with Gasteiger partial charge in [0.05, 0.1) is 5.69 Å². The van der Waals surface area contributed by atoms with Gasteiger partial charge in [0.15, 0.2) is 0 Å². The number of benzene rings is 1. The molecule has 0 unspecified atom stereocenters. The van der Waals surface area contributed by atoms with Crippen LogP contribution in [-0.2, 0) is 0 Å².